The van der Waals surface area contributed by atoms with Crippen LogP contribution in [0.2, 0.25) is 0 Å². The lowest BCUT2D eigenvalue weighted by Crippen LogP contribution is -2.06. The molecule has 0 aromatic heterocycles. The average Bonchev–Trinajstić information content (AvgIpc) is 1.61. The Hall–Kier alpha value is -0.0400. The summed E-state index contributed by atoms with van der Waals surface area (Å²) in [5.41, 5.74) is 0. The molecular weight excluding hydrogens is 86.1 g/mol. The molecule has 0 amide bonds. The van der Waals surface area contributed by atoms with Crippen molar-refractivity contribution in [3.63, 3.8) is 0 Å². The highest BCUT2D eigenvalue weighted by molar-refractivity contribution is 4.34. The molecule has 0 aliphatic heterocycles. The summed E-state index contributed by atoms with van der Waals surface area (Å²) in [6.45, 7) is 3.36. The molecule has 1 heteroatoms. The Labute approximate surface area is 47.1 Å². The highest BCUT2D eigenvalue weighted by Gasteiger charge is 1.73. The average molecular weight is 103 g/mol. The van der Waals surface area contributed by atoms with E-state index in [9.17, 15) is 0 Å². The molecule has 7 heavy (non-hydrogen) atoms. The predicted molar refractivity (Wildman–Crippen MR) is 35.6 cm³/mol. The van der Waals surface area contributed by atoms with Crippen molar-refractivity contribution in [1.29, 1.82) is 0 Å². The first-order valence-corrected chi connectivity index (χ1v) is 2.56. The Morgan fingerprint density at radius 1 is 1.43 bits per heavy atom. The van der Waals surface area contributed by atoms with E-state index in [1.165, 1.54) is 12.8 Å². The first kappa shape index (κ1) is 10.0. The Kier molecular flexibility index (Phi) is 13.4. The zero-order chi connectivity index (χ0) is 4.83. The minimum Gasteiger partial charge on any atom is -0.320 e. The summed E-state index contributed by atoms with van der Waals surface area (Å²) in [4.78, 5) is 0. The molecule has 0 saturated carbocycles. The van der Waals surface area contributed by atoms with E-state index in [0.717, 1.165) is 6.54 Å². The SMILES string of the molecule is C.CCCCNC. The maximum Gasteiger partial charge on any atom is -0.00520 e. The fourth-order valence-corrected chi connectivity index (χ4v) is 0.354. The van der Waals surface area contributed by atoms with Gasteiger partial charge < -0.3 is 5.32 Å². The Morgan fingerprint density at radius 2 is 2.00 bits per heavy atom. The molecule has 1 nitrogen and oxygen atoms in total. The maximum atomic E-state index is 3.07. The fraction of sp³-hybridized carbons (Fsp3) is 1.00. The standard InChI is InChI=1S/C5H13N.CH4/c1-3-4-5-6-2;/h6H,3-5H2,1-2H3;1H4. The summed E-state index contributed by atoms with van der Waals surface area (Å²) < 4.78 is 0. The van der Waals surface area contributed by atoms with Gasteiger partial charge in [0.25, 0.3) is 0 Å². The van der Waals surface area contributed by atoms with E-state index in [-0.39, 0.29) is 7.43 Å². The Morgan fingerprint density at radius 3 is 2.14 bits per heavy atom. The quantitative estimate of drug-likeness (QED) is 0.535. The van der Waals surface area contributed by atoms with E-state index >= 15 is 0 Å². The van der Waals surface area contributed by atoms with Gasteiger partial charge in [0.15, 0.2) is 0 Å². The molecule has 0 rings (SSSR count). The maximum absolute atomic E-state index is 3.07. The lowest BCUT2D eigenvalue weighted by Gasteiger charge is -1.89. The van der Waals surface area contributed by atoms with E-state index in [4.69, 9.17) is 0 Å². The zero-order valence-corrected chi connectivity index (χ0v) is 4.62. The number of rotatable bonds is 3. The van der Waals surface area contributed by atoms with Crippen LogP contribution in [-0.2, 0) is 0 Å². The third-order valence-corrected chi connectivity index (χ3v) is 0.780. The van der Waals surface area contributed by atoms with Crippen molar-refractivity contribution < 1.29 is 0 Å². The molecule has 0 aromatic carbocycles. The van der Waals surface area contributed by atoms with Gasteiger partial charge in [-0.1, -0.05) is 20.8 Å². The molecule has 0 fully saturated rings. The van der Waals surface area contributed by atoms with Gasteiger partial charge in [-0.25, -0.2) is 0 Å². The van der Waals surface area contributed by atoms with Gasteiger partial charge in [0.2, 0.25) is 0 Å². The largest absolute Gasteiger partial charge is 0.320 e. The van der Waals surface area contributed by atoms with Crippen molar-refractivity contribution in [3.8, 4) is 0 Å². The molecule has 0 unspecified atom stereocenters. The van der Waals surface area contributed by atoms with Crippen LogP contribution in [0.1, 0.15) is 27.2 Å². The first-order chi connectivity index (χ1) is 2.91. The highest BCUT2D eigenvalue weighted by Crippen LogP contribution is 1.79. The van der Waals surface area contributed by atoms with Crippen LogP contribution < -0.4 is 5.32 Å². The lowest BCUT2D eigenvalue weighted by molar-refractivity contribution is 0.711. The van der Waals surface area contributed by atoms with Crippen molar-refractivity contribution in [2.24, 2.45) is 0 Å². The van der Waals surface area contributed by atoms with Crippen LogP contribution in [0.3, 0.4) is 0 Å². The topological polar surface area (TPSA) is 12.0 Å². The summed E-state index contributed by atoms with van der Waals surface area (Å²) in [5.74, 6) is 0. The molecule has 46 valence electrons. The second-order valence-electron chi connectivity index (χ2n) is 1.46. The monoisotopic (exact) mass is 103 g/mol. The summed E-state index contributed by atoms with van der Waals surface area (Å²) in [6.07, 6.45) is 2.59. The van der Waals surface area contributed by atoms with Gasteiger partial charge in [-0.05, 0) is 20.0 Å². The normalized spacial score (nSPS) is 7.71. The van der Waals surface area contributed by atoms with E-state index in [1.807, 2.05) is 7.05 Å². The molecule has 1 N–H and O–H groups in total. The smallest absolute Gasteiger partial charge is 0.00520 e. The third kappa shape index (κ3) is 10.7. The number of hydrogen-bond acceptors (Lipinski definition) is 1. The minimum absolute atomic E-state index is 0. The summed E-state index contributed by atoms with van der Waals surface area (Å²) in [7, 11) is 1.98. The van der Waals surface area contributed by atoms with Crippen molar-refractivity contribution >= 4 is 0 Å². The number of nitrogens with one attached hydrogen (secondary N) is 1. The van der Waals surface area contributed by atoms with Crippen molar-refractivity contribution in [2.45, 2.75) is 27.2 Å². The summed E-state index contributed by atoms with van der Waals surface area (Å²) in [5, 5.41) is 3.07. The van der Waals surface area contributed by atoms with Gasteiger partial charge in [-0.15, -0.1) is 0 Å². The van der Waals surface area contributed by atoms with Crippen molar-refractivity contribution in [1.82, 2.24) is 5.32 Å². The van der Waals surface area contributed by atoms with Gasteiger partial charge in [-0.2, -0.15) is 0 Å². The van der Waals surface area contributed by atoms with Gasteiger partial charge in [0.1, 0.15) is 0 Å². The molecule has 0 spiro atoms. The predicted octanol–water partition coefficient (Wildman–Crippen LogP) is 1.64. The lowest BCUT2D eigenvalue weighted by atomic mass is 10.3. The van der Waals surface area contributed by atoms with Crippen LogP contribution in [0, 0.1) is 0 Å². The Bertz CT molecular complexity index is 16.1. The summed E-state index contributed by atoms with van der Waals surface area (Å²) in [6, 6.07) is 0. The van der Waals surface area contributed by atoms with Gasteiger partial charge in [0, 0.05) is 0 Å². The van der Waals surface area contributed by atoms with Gasteiger partial charge >= 0.3 is 0 Å². The molecule has 0 radical (unpaired) electrons. The molecule has 0 atom stereocenters. The van der Waals surface area contributed by atoms with Crippen LogP contribution in [0.25, 0.3) is 0 Å². The second kappa shape index (κ2) is 9.35. The van der Waals surface area contributed by atoms with Crippen molar-refractivity contribution in [3.05, 3.63) is 0 Å². The van der Waals surface area contributed by atoms with Crippen molar-refractivity contribution in [2.75, 3.05) is 13.6 Å². The molecule has 0 aliphatic carbocycles. The van der Waals surface area contributed by atoms with E-state index in [0.29, 0.717) is 0 Å². The van der Waals surface area contributed by atoms with Gasteiger partial charge in [0.05, 0.1) is 0 Å². The number of unbranched alkanes of at least 4 members (excludes halogenated alkanes) is 1. The fourth-order valence-electron chi connectivity index (χ4n) is 0.354. The van der Waals surface area contributed by atoms with Crippen LogP contribution in [0.5, 0.6) is 0 Å². The molecular formula is C6H17N. The molecule has 0 saturated heterocycles. The van der Waals surface area contributed by atoms with Crippen LogP contribution in [0.4, 0.5) is 0 Å². The van der Waals surface area contributed by atoms with Crippen LogP contribution >= 0.6 is 0 Å². The second-order valence-corrected chi connectivity index (χ2v) is 1.46. The zero-order valence-electron chi connectivity index (χ0n) is 4.62. The first-order valence-electron chi connectivity index (χ1n) is 2.56. The van der Waals surface area contributed by atoms with Gasteiger partial charge in [-0.3, -0.25) is 0 Å². The highest BCUT2D eigenvalue weighted by atomic mass is 14.8. The molecule has 0 aromatic rings. The van der Waals surface area contributed by atoms with Crippen LogP contribution in [-0.4, -0.2) is 13.6 Å². The Balaban J connectivity index is 0. The summed E-state index contributed by atoms with van der Waals surface area (Å²) >= 11 is 0. The minimum atomic E-state index is 0. The molecule has 0 bridgehead atoms. The van der Waals surface area contributed by atoms with Crippen LogP contribution in [0.15, 0.2) is 0 Å². The molecule has 0 heterocycles. The van der Waals surface area contributed by atoms with E-state index in [1.54, 1.807) is 0 Å². The third-order valence-electron chi connectivity index (χ3n) is 0.780. The number of hydrogen-bond donors (Lipinski definition) is 1. The van der Waals surface area contributed by atoms with E-state index < -0.39 is 0 Å². The van der Waals surface area contributed by atoms with E-state index in [2.05, 4.69) is 12.2 Å². The molecule has 0 aliphatic rings.